The second kappa shape index (κ2) is 4.49. The highest BCUT2D eigenvalue weighted by atomic mass is 16.5. The normalized spacial score (nSPS) is 10.7. The molecule has 0 saturated carbocycles. The van der Waals surface area contributed by atoms with Gasteiger partial charge in [-0.15, -0.1) is 0 Å². The summed E-state index contributed by atoms with van der Waals surface area (Å²) < 4.78 is 7.44. The minimum atomic E-state index is 0.459. The van der Waals surface area contributed by atoms with Crippen LogP contribution in [-0.4, -0.2) is 14.8 Å². The van der Waals surface area contributed by atoms with E-state index in [2.05, 4.69) is 10.1 Å². The minimum absolute atomic E-state index is 0.459. The van der Waals surface area contributed by atoms with Crippen LogP contribution in [0.5, 0.6) is 5.75 Å². The molecule has 4 nitrogen and oxygen atoms in total. The maximum atomic E-state index is 5.68. The fraction of sp³-hybridized carbons (Fsp3) is 0.143. The van der Waals surface area contributed by atoms with Crippen molar-refractivity contribution in [3.05, 3.63) is 54.5 Å². The van der Waals surface area contributed by atoms with Gasteiger partial charge in [-0.2, -0.15) is 5.10 Å². The zero-order valence-corrected chi connectivity index (χ0v) is 10.1. The molecule has 0 aliphatic rings. The van der Waals surface area contributed by atoms with Crippen molar-refractivity contribution in [3.8, 4) is 5.75 Å². The first-order valence-corrected chi connectivity index (χ1v) is 5.77. The van der Waals surface area contributed by atoms with E-state index < -0.39 is 0 Å². The van der Waals surface area contributed by atoms with Crippen LogP contribution in [0, 0.1) is 0 Å². The number of pyridine rings is 1. The molecular formula is C14H13N3O. The van der Waals surface area contributed by atoms with Gasteiger partial charge in [-0.3, -0.25) is 9.67 Å². The molecule has 0 atom stereocenters. The number of hydrogen-bond donors (Lipinski definition) is 0. The minimum Gasteiger partial charge on any atom is -0.486 e. The molecule has 90 valence electrons. The number of aromatic nitrogens is 3. The van der Waals surface area contributed by atoms with Crippen LogP contribution >= 0.6 is 0 Å². The van der Waals surface area contributed by atoms with Gasteiger partial charge in [0.05, 0.1) is 17.4 Å². The monoisotopic (exact) mass is 239 g/mol. The van der Waals surface area contributed by atoms with E-state index in [1.807, 2.05) is 49.6 Å². The number of hydrogen-bond acceptors (Lipinski definition) is 3. The first kappa shape index (κ1) is 10.8. The second-order valence-electron chi connectivity index (χ2n) is 4.13. The quantitative estimate of drug-likeness (QED) is 0.705. The summed E-state index contributed by atoms with van der Waals surface area (Å²) in [4.78, 5) is 4.35. The van der Waals surface area contributed by atoms with Gasteiger partial charge in [0.2, 0.25) is 0 Å². The largest absolute Gasteiger partial charge is 0.486 e. The fourth-order valence-electron chi connectivity index (χ4n) is 1.83. The highest BCUT2D eigenvalue weighted by molar-refractivity contribution is 5.79. The number of aryl methyl sites for hydroxylation is 1. The molecule has 0 saturated heterocycles. The first-order chi connectivity index (χ1) is 8.81. The summed E-state index contributed by atoms with van der Waals surface area (Å²) in [5.41, 5.74) is 1.88. The summed E-state index contributed by atoms with van der Waals surface area (Å²) in [7, 11) is 1.89. The van der Waals surface area contributed by atoms with Gasteiger partial charge < -0.3 is 4.74 Å². The summed E-state index contributed by atoms with van der Waals surface area (Å²) in [6, 6.07) is 11.9. The Morgan fingerprint density at radius 1 is 1.22 bits per heavy atom. The first-order valence-electron chi connectivity index (χ1n) is 5.77. The predicted octanol–water partition coefficient (Wildman–Crippen LogP) is 2.55. The average Bonchev–Trinajstić information content (AvgIpc) is 2.82. The van der Waals surface area contributed by atoms with Crippen molar-refractivity contribution in [2.75, 3.05) is 0 Å². The van der Waals surface area contributed by atoms with Crippen LogP contribution in [0.15, 0.2) is 48.8 Å². The molecular weight excluding hydrogens is 226 g/mol. The van der Waals surface area contributed by atoms with E-state index in [-0.39, 0.29) is 0 Å². The van der Waals surface area contributed by atoms with Crippen LogP contribution < -0.4 is 4.74 Å². The fourth-order valence-corrected chi connectivity index (χ4v) is 1.83. The van der Waals surface area contributed by atoms with Crippen LogP contribution in [-0.2, 0) is 13.7 Å². The highest BCUT2D eigenvalue weighted by Gasteiger charge is 2.01. The van der Waals surface area contributed by atoms with Crippen molar-refractivity contribution in [3.63, 3.8) is 0 Å². The number of ether oxygens (including phenoxy) is 1. The molecule has 0 unspecified atom stereocenters. The van der Waals surface area contributed by atoms with E-state index >= 15 is 0 Å². The molecule has 4 heteroatoms. The van der Waals surface area contributed by atoms with Gasteiger partial charge in [0.25, 0.3) is 0 Å². The lowest BCUT2D eigenvalue weighted by molar-refractivity contribution is 0.299. The molecule has 0 bridgehead atoms. The molecule has 0 spiro atoms. The molecule has 1 aromatic carbocycles. The Balaban J connectivity index is 1.78. The number of benzene rings is 1. The summed E-state index contributed by atoms with van der Waals surface area (Å²) >= 11 is 0. The van der Waals surface area contributed by atoms with Crippen molar-refractivity contribution in [2.24, 2.45) is 7.05 Å². The van der Waals surface area contributed by atoms with Gasteiger partial charge in [0.15, 0.2) is 0 Å². The van der Waals surface area contributed by atoms with Crippen molar-refractivity contribution in [2.45, 2.75) is 6.61 Å². The Bertz CT molecular complexity index is 675. The summed E-state index contributed by atoms with van der Waals surface area (Å²) in [5.74, 6) is 0.763. The molecule has 3 rings (SSSR count). The lowest BCUT2D eigenvalue weighted by Gasteiger charge is -2.04. The molecule has 2 heterocycles. The van der Waals surface area contributed by atoms with E-state index in [0.717, 1.165) is 22.3 Å². The molecule has 0 aliphatic heterocycles. The Morgan fingerprint density at radius 2 is 2.11 bits per heavy atom. The Labute approximate surface area is 105 Å². The lowest BCUT2D eigenvalue weighted by Crippen LogP contribution is -1.98. The average molecular weight is 239 g/mol. The molecule has 0 radical (unpaired) electrons. The summed E-state index contributed by atoms with van der Waals surface area (Å²) in [6.45, 7) is 0.459. The van der Waals surface area contributed by atoms with E-state index in [0.29, 0.717) is 6.61 Å². The lowest BCUT2D eigenvalue weighted by atomic mass is 10.2. The molecule has 18 heavy (non-hydrogen) atoms. The van der Waals surface area contributed by atoms with Gasteiger partial charge >= 0.3 is 0 Å². The molecule has 0 amide bonds. The smallest absolute Gasteiger partial charge is 0.138 e. The third kappa shape index (κ3) is 2.18. The van der Waals surface area contributed by atoms with Crippen molar-refractivity contribution >= 4 is 10.9 Å². The third-order valence-corrected chi connectivity index (χ3v) is 2.72. The standard InChI is InChI=1S/C14H13N3O/c1-17-7-6-12(16-17)10-18-13-8-11-4-2-3-5-14(11)15-9-13/h2-9H,10H2,1H3. The summed E-state index contributed by atoms with van der Waals surface area (Å²) in [6.07, 6.45) is 3.64. The van der Waals surface area contributed by atoms with E-state index in [9.17, 15) is 0 Å². The number of para-hydroxylation sites is 1. The van der Waals surface area contributed by atoms with Gasteiger partial charge in [-0.25, -0.2) is 0 Å². The van der Waals surface area contributed by atoms with Crippen LogP contribution in [0.1, 0.15) is 5.69 Å². The molecule has 0 N–H and O–H groups in total. The molecule has 0 aliphatic carbocycles. The van der Waals surface area contributed by atoms with E-state index in [1.165, 1.54) is 0 Å². The number of nitrogens with zero attached hydrogens (tertiary/aromatic N) is 3. The number of rotatable bonds is 3. The van der Waals surface area contributed by atoms with Gasteiger partial charge in [-0.05, 0) is 18.2 Å². The third-order valence-electron chi connectivity index (χ3n) is 2.72. The van der Waals surface area contributed by atoms with Crippen molar-refractivity contribution in [1.82, 2.24) is 14.8 Å². The van der Waals surface area contributed by atoms with Gasteiger partial charge in [0, 0.05) is 18.6 Å². The maximum Gasteiger partial charge on any atom is 0.138 e. The van der Waals surface area contributed by atoms with E-state index in [4.69, 9.17) is 4.74 Å². The Hall–Kier alpha value is -2.36. The Morgan fingerprint density at radius 3 is 2.94 bits per heavy atom. The van der Waals surface area contributed by atoms with Crippen molar-refractivity contribution in [1.29, 1.82) is 0 Å². The van der Waals surface area contributed by atoms with Gasteiger partial charge in [0.1, 0.15) is 12.4 Å². The highest BCUT2D eigenvalue weighted by Crippen LogP contribution is 2.18. The van der Waals surface area contributed by atoms with E-state index in [1.54, 1.807) is 10.9 Å². The van der Waals surface area contributed by atoms with Crippen LogP contribution in [0.2, 0.25) is 0 Å². The Kier molecular flexibility index (Phi) is 2.68. The summed E-state index contributed by atoms with van der Waals surface area (Å²) in [5, 5.41) is 5.34. The van der Waals surface area contributed by atoms with Crippen LogP contribution in [0.4, 0.5) is 0 Å². The van der Waals surface area contributed by atoms with Crippen LogP contribution in [0.25, 0.3) is 10.9 Å². The molecule has 2 aromatic heterocycles. The topological polar surface area (TPSA) is 39.9 Å². The van der Waals surface area contributed by atoms with Gasteiger partial charge in [-0.1, -0.05) is 18.2 Å². The zero-order chi connectivity index (χ0) is 12.4. The molecule has 0 fully saturated rings. The zero-order valence-electron chi connectivity index (χ0n) is 10.1. The maximum absolute atomic E-state index is 5.68. The van der Waals surface area contributed by atoms with Crippen molar-refractivity contribution < 1.29 is 4.74 Å². The second-order valence-corrected chi connectivity index (χ2v) is 4.13. The predicted molar refractivity (Wildman–Crippen MR) is 69.3 cm³/mol. The number of fused-ring (bicyclic) bond motifs is 1. The van der Waals surface area contributed by atoms with Crippen LogP contribution in [0.3, 0.4) is 0 Å². The SMILES string of the molecule is Cn1ccc(COc2cnc3ccccc3c2)n1. The molecule has 3 aromatic rings.